The average molecular weight is 340 g/mol. The van der Waals surface area contributed by atoms with Crippen LogP contribution in [0.25, 0.3) is 0 Å². The van der Waals surface area contributed by atoms with Gasteiger partial charge in [-0.3, -0.25) is 0 Å². The fourth-order valence-electron chi connectivity index (χ4n) is 3.56. The Hall–Kier alpha value is -1.76. The number of ether oxygens (including phenoxy) is 2. The van der Waals surface area contributed by atoms with Crippen molar-refractivity contribution in [3.05, 3.63) is 12.7 Å². The second-order valence-corrected chi connectivity index (χ2v) is 7.80. The van der Waals surface area contributed by atoms with Crippen LogP contribution < -0.4 is 10.6 Å². The molecule has 0 radical (unpaired) electrons. The Balaban J connectivity index is 1.97. The minimum Gasteiger partial charge on any atom is -0.445 e. The van der Waals surface area contributed by atoms with Gasteiger partial charge in [-0.15, -0.1) is 0 Å². The quantitative estimate of drug-likeness (QED) is 0.682. The topological polar surface area (TPSA) is 96.9 Å². The summed E-state index contributed by atoms with van der Waals surface area (Å²) in [5, 5.41) is 16.3. The molecule has 0 aromatic carbocycles. The molecule has 0 spiro atoms. The van der Waals surface area contributed by atoms with Crippen molar-refractivity contribution in [2.75, 3.05) is 6.61 Å². The van der Waals surface area contributed by atoms with Gasteiger partial charge in [-0.25, -0.2) is 9.59 Å². The minimum absolute atomic E-state index is 0.127. The fraction of sp³-hybridized carbons (Fsp3) is 0.765. The van der Waals surface area contributed by atoms with E-state index in [1.807, 2.05) is 20.8 Å². The summed E-state index contributed by atoms with van der Waals surface area (Å²) in [6.07, 6.45) is 2.60. The van der Waals surface area contributed by atoms with Crippen LogP contribution in [0.1, 0.15) is 52.9 Å². The number of carbonyl (C=O) groups excluding carboxylic acids is 2. The van der Waals surface area contributed by atoms with E-state index in [1.54, 1.807) is 0 Å². The van der Waals surface area contributed by atoms with Gasteiger partial charge in [0.25, 0.3) is 0 Å². The summed E-state index contributed by atoms with van der Waals surface area (Å²) in [6.45, 7) is 9.05. The number of aliphatic hydroxyl groups is 1. The first-order valence-electron chi connectivity index (χ1n) is 8.35. The summed E-state index contributed by atoms with van der Waals surface area (Å²) >= 11 is 0. The molecule has 1 atom stereocenters. The number of hydrogen-bond donors (Lipinski definition) is 3. The molecule has 0 unspecified atom stereocenters. The van der Waals surface area contributed by atoms with Crippen LogP contribution in [0.15, 0.2) is 12.7 Å². The standard InChI is InChI=1S/C17H28N2O5/c1-5-10-23-13(21)19-17-8-6-16(7-9-17,11-12(17)20)18-14(22)24-15(2,3)4/h5,12,20H,1,6-11H2,2-4H3,(H,18,22)(H,19,21)/t12-,16?,17?/m1/s1. The second-order valence-electron chi connectivity index (χ2n) is 7.80. The molecule has 0 heterocycles. The molecule has 0 aromatic heterocycles. The number of hydrogen-bond acceptors (Lipinski definition) is 5. The third-order valence-corrected chi connectivity index (χ3v) is 4.77. The highest BCUT2D eigenvalue weighted by atomic mass is 16.6. The van der Waals surface area contributed by atoms with Gasteiger partial charge in [0.05, 0.1) is 11.6 Å². The molecular formula is C17H28N2O5. The third kappa shape index (κ3) is 4.20. The molecule has 2 bridgehead atoms. The zero-order chi connectivity index (χ0) is 18.0. The Morgan fingerprint density at radius 2 is 1.83 bits per heavy atom. The second kappa shape index (κ2) is 6.63. The smallest absolute Gasteiger partial charge is 0.408 e. The highest BCUT2D eigenvalue weighted by molar-refractivity contribution is 5.70. The number of aliphatic hydroxyl groups excluding tert-OH is 1. The van der Waals surface area contributed by atoms with Crippen molar-refractivity contribution in [3.8, 4) is 0 Å². The first kappa shape index (κ1) is 18.6. The molecule has 2 amide bonds. The molecule has 3 aliphatic rings. The Morgan fingerprint density at radius 1 is 1.21 bits per heavy atom. The molecule has 3 aliphatic carbocycles. The maximum atomic E-state index is 12.1. The van der Waals surface area contributed by atoms with E-state index in [0.717, 1.165) is 0 Å². The average Bonchev–Trinajstić information content (AvgIpc) is 2.45. The van der Waals surface area contributed by atoms with Crippen LogP contribution in [0.3, 0.4) is 0 Å². The van der Waals surface area contributed by atoms with Crippen molar-refractivity contribution < 1.29 is 24.2 Å². The minimum atomic E-state index is -0.744. The van der Waals surface area contributed by atoms with Crippen molar-refractivity contribution in [3.63, 3.8) is 0 Å². The maximum Gasteiger partial charge on any atom is 0.408 e. The van der Waals surface area contributed by atoms with Gasteiger partial charge in [0.15, 0.2) is 0 Å². The highest BCUT2D eigenvalue weighted by Gasteiger charge is 2.55. The van der Waals surface area contributed by atoms with Gasteiger partial charge in [0.2, 0.25) is 0 Å². The number of amides is 2. The lowest BCUT2D eigenvalue weighted by Gasteiger charge is -2.55. The molecule has 0 aromatic rings. The van der Waals surface area contributed by atoms with Gasteiger partial charge in [-0.05, 0) is 52.9 Å². The SMILES string of the molecule is C=CCOC(=O)NC12CCC(NC(=O)OC(C)(C)C)(CC1)C[C@H]2O. The molecule has 3 rings (SSSR count). The molecule has 136 valence electrons. The normalized spacial score (nSPS) is 31.9. The first-order valence-corrected chi connectivity index (χ1v) is 8.35. The first-order chi connectivity index (χ1) is 11.1. The van der Waals surface area contributed by atoms with Gasteiger partial charge in [0.1, 0.15) is 12.2 Å². The zero-order valence-electron chi connectivity index (χ0n) is 14.7. The van der Waals surface area contributed by atoms with E-state index in [0.29, 0.717) is 32.1 Å². The van der Waals surface area contributed by atoms with Crippen molar-refractivity contribution in [1.82, 2.24) is 10.6 Å². The molecule has 3 saturated carbocycles. The number of carbonyl (C=O) groups is 2. The Labute approximate surface area is 142 Å². The third-order valence-electron chi connectivity index (χ3n) is 4.77. The lowest BCUT2D eigenvalue weighted by Crippen LogP contribution is -2.70. The van der Waals surface area contributed by atoms with Crippen molar-refractivity contribution in [1.29, 1.82) is 0 Å². The Kier molecular flexibility index (Phi) is 5.13. The van der Waals surface area contributed by atoms with E-state index >= 15 is 0 Å². The van der Waals surface area contributed by atoms with E-state index in [9.17, 15) is 14.7 Å². The number of rotatable bonds is 4. The van der Waals surface area contributed by atoms with Crippen LogP contribution in [0.5, 0.6) is 0 Å². The molecule has 24 heavy (non-hydrogen) atoms. The van der Waals surface area contributed by atoms with E-state index < -0.39 is 35.0 Å². The monoisotopic (exact) mass is 340 g/mol. The van der Waals surface area contributed by atoms with Crippen LogP contribution in [0.4, 0.5) is 9.59 Å². The van der Waals surface area contributed by atoms with Crippen LogP contribution in [0.2, 0.25) is 0 Å². The predicted octanol–water partition coefficient (Wildman–Crippen LogP) is 2.24. The number of fused-ring (bicyclic) bond motifs is 3. The molecule has 3 N–H and O–H groups in total. The van der Waals surface area contributed by atoms with E-state index in [-0.39, 0.29) is 6.61 Å². The van der Waals surface area contributed by atoms with Crippen molar-refractivity contribution in [2.24, 2.45) is 0 Å². The largest absolute Gasteiger partial charge is 0.445 e. The predicted molar refractivity (Wildman–Crippen MR) is 88.6 cm³/mol. The van der Waals surface area contributed by atoms with Crippen LogP contribution in [-0.4, -0.2) is 46.7 Å². The molecular weight excluding hydrogens is 312 g/mol. The lowest BCUT2D eigenvalue weighted by molar-refractivity contribution is -0.0615. The summed E-state index contributed by atoms with van der Waals surface area (Å²) in [5.41, 5.74) is -1.73. The summed E-state index contributed by atoms with van der Waals surface area (Å²) in [6, 6.07) is 0. The van der Waals surface area contributed by atoms with E-state index in [1.165, 1.54) is 6.08 Å². The summed E-state index contributed by atoms with van der Waals surface area (Å²) in [4.78, 5) is 23.9. The number of alkyl carbamates (subject to hydrolysis) is 2. The molecule has 7 heteroatoms. The summed E-state index contributed by atoms with van der Waals surface area (Å²) < 4.78 is 10.3. The zero-order valence-corrected chi connectivity index (χ0v) is 14.7. The molecule has 3 fully saturated rings. The fourth-order valence-corrected chi connectivity index (χ4v) is 3.56. The number of nitrogens with one attached hydrogen (secondary N) is 2. The van der Waals surface area contributed by atoms with Crippen molar-refractivity contribution in [2.45, 2.75) is 75.7 Å². The van der Waals surface area contributed by atoms with Gasteiger partial charge < -0.3 is 25.2 Å². The lowest BCUT2D eigenvalue weighted by atomic mass is 9.60. The molecule has 0 aliphatic heterocycles. The maximum absolute atomic E-state index is 12.1. The molecule has 7 nitrogen and oxygen atoms in total. The highest BCUT2D eigenvalue weighted by Crippen LogP contribution is 2.47. The molecule has 0 saturated heterocycles. The van der Waals surface area contributed by atoms with Gasteiger partial charge in [-0.1, -0.05) is 12.7 Å². The van der Waals surface area contributed by atoms with E-state index in [2.05, 4.69) is 17.2 Å². The van der Waals surface area contributed by atoms with Crippen LogP contribution in [-0.2, 0) is 9.47 Å². The summed E-state index contributed by atoms with van der Waals surface area (Å²) in [5.74, 6) is 0. The van der Waals surface area contributed by atoms with Gasteiger partial charge in [0, 0.05) is 5.54 Å². The van der Waals surface area contributed by atoms with Crippen LogP contribution in [0, 0.1) is 0 Å². The Bertz CT molecular complexity index is 504. The Morgan fingerprint density at radius 3 is 2.33 bits per heavy atom. The summed E-state index contributed by atoms with van der Waals surface area (Å²) in [7, 11) is 0. The van der Waals surface area contributed by atoms with E-state index in [4.69, 9.17) is 9.47 Å². The van der Waals surface area contributed by atoms with Crippen molar-refractivity contribution >= 4 is 12.2 Å². The van der Waals surface area contributed by atoms with Gasteiger partial charge >= 0.3 is 12.2 Å². The van der Waals surface area contributed by atoms with Crippen LogP contribution >= 0.6 is 0 Å². The van der Waals surface area contributed by atoms with Gasteiger partial charge in [-0.2, -0.15) is 0 Å².